The zero-order chi connectivity index (χ0) is 23.3. The maximum Gasteiger partial charge on any atom is 0.330 e. The Kier molecular flexibility index (Phi) is 7.45. The smallest absolute Gasteiger partial charge is 0.330 e. The van der Waals surface area contributed by atoms with E-state index in [9.17, 15) is 14.4 Å². The molecule has 3 aromatic rings. The number of nitrogens with one attached hydrogen (secondary N) is 1. The summed E-state index contributed by atoms with van der Waals surface area (Å²) in [4.78, 5) is 42.4. The molecule has 0 aliphatic carbocycles. The minimum absolute atomic E-state index is 0.00931. The maximum absolute atomic E-state index is 13.5. The average Bonchev–Trinajstić information content (AvgIpc) is 3.19. The van der Waals surface area contributed by atoms with Crippen LogP contribution in [0.2, 0.25) is 0 Å². The van der Waals surface area contributed by atoms with E-state index in [0.717, 1.165) is 31.2 Å². The number of carbonyl (C=O) groups is 1. The van der Waals surface area contributed by atoms with Gasteiger partial charge in [-0.2, -0.15) is 0 Å². The van der Waals surface area contributed by atoms with E-state index in [1.54, 1.807) is 22.9 Å². The third-order valence-electron chi connectivity index (χ3n) is 5.51. The molecule has 172 valence electrons. The molecule has 0 atom stereocenters. The number of unbranched alkanes of at least 4 members (excludes halogenated alkanes) is 3. The summed E-state index contributed by atoms with van der Waals surface area (Å²) < 4.78 is 3.07. The van der Waals surface area contributed by atoms with Crippen molar-refractivity contribution in [1.82, 2.24) is 24.5 Å². The second kappa shape index (κ2) is 10.3. The first-order valence-corrected chi connectivity index (χ1v) is 11.2. The monoisotopic (exact) mass is 441 g/mol. The molecule has 2 aromatic heterocycles. The van der Waals surface area contributed by atoms with E-state index in [1.165, 1.54) is 9.47 Å². The predicted molar refractivity (Wildman–Crippen MR) is 125 cm³/mol. The number of H-pyrrole nitrogens is 1. The van der Waals surface area contributed by atoms with Crippen molar-refractivity contribution in [3.05, 3.63) is 44.6 Å². The number of nitrogens with two attached hydrogens (primary N) is 1. The van der Waals surface area contributed by atoms with Gasteiger partial charge >= 0.3 is 5.69 Å². The van der Waals surface area contributed by atoms with Crippen molar-refractivity contribution in [2.24, 2.45) is 0 Å². The summed E-state index contributed by atoms with van der Waals surface area (Å²) in [5.41, 5.74) is 6.87. The van der Waals surface area contributed by atoms with Crippen LogP contribution in [0.25, 0.3) is 11.0 Å². The molecule has 0 saturated carbocycles. The van der Waals surface area contributed by atoms with Gasteiger partial charge in [0.05, 0.1) is 5.52 Å². The second-order valence-corrected chi connectivity index (χ2v) is 7.77. The first-order valence-electron chi connectivity index (χ1n) is 11.2. The molecular weight excluding hydrogens is 410 g/mol. The van der Waals surface area contributed by atoms with E-state index >= 15 is 0 Å². The fraction of sp³-hybridized carbons (Fsp3) is 0.500. The van der Waals surface area contributed by atoms with Crippen LogP contribution in [0.5, 0.6) is 0 Å². The van der Waals surface area contributed by atoms with Gasteiger partial charge in [-0.25, -0.2) is 9.48 Å². The van der Waals surface area contributed by atoms with E-state index in [4.69, 9.17) is 5.73 Å². The van der Waals surface area contributed by atoms with Crippen molar-refractivity contribution in [2.75, 3.05) is 17.2 Å². The van der Waals surface area contributed by atoms with Crippen LogP contribution in [0.3, 0.4) is 0 Å². The standard InChI is InChI=1S/C22H31N7O3/c1-4-7-9-13-27(18-19(23)28(12-8-5-2)22(32)24-20(18)30)21(31)15-10-11-17-16(14-15)25-26-29(17)6-3/h10-11,14H,4-9,12-13,23H2,1-3H3,(H,24,30,32). The maximum atomic E-state index is 13.5. The minimum Gasteiger partial charge on any atom is -0.383 e. The van der Waals surface area contributed by atoms with Gasteiger partial charge < -0.3 is 10.6 Å². The van der Waals surface area contributed by atoms with Crippen molar-refractivity contribution in [3.63, 3.8) is 0 Å². The molecule has 32 heavy (non-hydrogen) atoms. The van der Waals surface area contributed by atoms with Crippen LogP contribution in [0.15, 0.2) is 27.8 Å². The minimum atomic E-state index is -0.664. The molecule has 0 aliphatic heterocycles. The molecule has 3 rings (SSSR count). The summed E-state index contributed by atoms with van der Waals surface area (Å²) in [6, 6.07) is 5.16. The van der Waals surface area contributed by atoms with E-state index in [0.29, 0.717) is 37.1 Å². The lowest BCUT2D eigenvalue weighted by Crippen LogP contribution is -2.41. The molecule has 0 unspecified atom stereocenters. The lowest BCUT2D eigenvalue weighted by Gasteiger charge is -2.24. The van der Waals surface area contributed by atoms with Crippen LogP contribution in [0.1, 0.15) is 63.2 Å². The average molecular weight is 442 g/mol. The van der Waals surface area contributed by atoms with Crippen LogP contribution in [0.4, 0.5) is 11.5 Å². The molecular formula is C22H31N7O3. The fourth-order valence-electron chi connectivity index (χ4n) is 3.71. The van der Waals surface area contributed by atoms with Crippen LogP contribution in [-0.4, -0.2) is 37.0 Å². The van der Waals surface area contributed by atoms with Crippen molar-refractivity contribution in [1.29, 1.82) is 0 Å². The molecule has 0 fully saturated rings. The number of benzene rings is 1. The highest BCUT2D eigenvalue weighted by atomic mass is 16.2. The molecule has 1 amide bonds. The molecule has 10 heteroatoms. The van der Waals surface area contributed by atoms with Crippen LogP contribution in [0, 0.1) is 0 Å². The number of anilines is 2. The largest absolute Gasteiger partial charge is 0.383 e. The van der Waals surface area contributed by atoms with Gasteiger partial charge in [-0.05, 0) is 38.0 Å². The highest BCUT2D eigenvalue weighted by Crippen LogP contribution is 2.22. The van der Waals surface area contributed by atoms with Gasteiger partial charge in [-0.1, -0.05) is 38.3 Å². The number of nitrogen functional groups attached to an aromatic ring is 1. The van der Waals surface area contributed by atoms with Crippen molar-refractivity contribution in [2.45, 2.75) is 66.0 Å². The Labute approximate surface area is 186 Å². The first kappa shape index (κ1) is 23.2. The summed E-state index contributed by atoms with van der Waals surface area (Å²) in [6.45, 7) is 7.37. The van der Waals surface area contributed by atoms with Gasteiger partial charge in [-0.3, -0.25) is 19.1 Å². The zero-order valence-corrected chi connectivity index (χ0v) is 18.9. The second-order valence-electron chi connectivity index (χ2n) is 7.77. The topological polar surface area (TPSA) is 132 Å². The summed E-state index contributed by atoms with van der Waals surface area (Å²) in [6.07, 6.45) is 4.13. The Morgan fingerprint density at radius 3 is 2.56 bits per heavy atom. The van der Waals surface area contributed by atoms with Crippen molar-refractivity contribution >= 4 is 28.4 Å². The normalized spacial score (nSPS) is 11.2. The van der Waals surface area contributed by atoms with E-state index in [1.807, 2.05) is 13.8 Å². The Morgan fingerprint density at radius 2 is 1.88 bits per heavy atom. The van der Waals surface area contributed by atoms with Gasteiger partial charge in [-0.15, -0.1) is 5.10 Å². The zero-order valence-electron chi connectivity index (χ0n) is 18.9. The van der Waals surface area contributed by atoms with Crippen molar-refractivity contribution < 1.29 is 4.79 Å². The summed E-state index contributed by atoms with van der Waals surface area (Å²) >= 11 is 0. The number of aromatic nitrogens is 5. The molecule has 3 N–H and O–H groups in total. The Bertz CT molecular complexity index is 1210. The Hall–Kier alpha value is -3.43. The third-order valence-corrected chi connectivity index (χ3v) is 5.51. The number of fused-ring (bicyclic) bond motifs is 1. The Balaban J connectivity index is 2.08. The number of carbonyl (C=O) groups excluding carboxylic acids is 1. The van der Waals surface area contributed by atoms with Crippen LogP contribution < -0.4 is 21.9 Å². The van der Waals surface area contributed by atoms with Crippen LogP contribution >= 0.6 is 0 Å². The van der Waals surface area contributed by atoms with Gasteiger partial charge in [0.2, 0.25) is 0 Å². The highest BCUT2D eigenvalue weighted by molar-refractivity contribution is 6.08. The van der Waals surface area contributed by atoms with E-state index in [2.05, 4.69) is 22.2 Å². The molecule has 0 aliphatic rings. The van der Waals surface area contributed by atoms with Gasteiger partial charge in [0, 0.05) is 25.2 Å². The van der Waals surface area contributed by atoms with E-state index < -0.39 is 11.2 Å². The number of amides is 1. The van der Waals surface area contributed by atoms with Crippen LogP contribution in [-0.2, 0) is 13.1 Å². The lowest BCUT2D eigenvalue weighted by atomic mass is 10.1. The van der Waals surface area contributed by atoms with Gasteiger partial charge in [0.15, 0.2) is 5.69 Å². The SMILES string of the molecule is CCCCCN(C(=O)c1ccc2c(c1)nnn2CC)c1c(N)n(CCCC)c(=O)[nH]c1=O. The predicted octanol–water partition coefficient (Wildman–Crippen LogP) is 2.52. The van der Waals surface area contributed by atoms with Gasteiger partial charge in [0.25, 0.3) is 11.5 Å². The Morgan fingerprint density at radius 1 is 1.12 bits per heavy atom. The number of hydrogen-bond donors (Lipinski definition) is 2. The highest BCUT2D eigenvalue weighted by Gasteiger charge is 2.25. The molecule has 0 bridgehead atoms. The van der Waals surface area contributed by atoms with E-state index in [-0.39, 0.29) is 17.4 Å². The summed E-state index contributed by atoms with van der Waals surface area (Å²) in [7, 11) is 0. The lowest BCUT2D eigenvalue weighted by molar-refractivity contribution is 0.0986. The molecule has 0 saturated heterocycles. The summed E-state index contributed by atoms with van der Waals surface area (Å²) in [5.74, 6) is -0.359. The first-order chi connectivity index (χ1) is 15.4. The molecule has 1 aromatic carbocycles. The number of hydrogen-bond acceptors (Lipinski definition) is 6. The quantitative estimate of drug-likeness (QED) is 0.465. The fourth-order valence-corrected chi connectivity index (χ4v) is 3.71. The molecule has 10 nitrogen and oxygen atoms in total. The number of aryl methyl sites for hydroxylation is 1. The third kappa shape index (κ3) is 4.58. The number of rotatable bonds is 10. The number of aromatic amines is 1. The molecule has 0 radical (unpaired) electrons. The van der Waals surface area contributed by atoms with Gasteiger partial charge in [0.1, 0.15) is 11.3 Å². The number of nitrogens with zero attached hydrogens (tertiary/aromatic N) is 5. The van der Waals surface area contributed by atoms with Crippen molar-refractivity contribution in [3.8, 4) is 0 Å². The summed E-state index contributed by atoms with van der Waals surface area (Å²) in [5, 5.41) is 8.22. The molecule has 2 heterocycles. The molecule has 0 spiro atoms.